The maximum atomic E-state index is 13.7. The third-order valence-corrected chi connectivity index (χ3v) is 5.87. The van der Waals surface area contributed by atoms with Crippen LogP contribution in [0.5, 0.6) is 0 Å². The van der Waals surface area contributed by atoms with Crippen LogP contribution in [0.3, 0.4) is 0 Å². The van der Waals surface area contributed by atoms with Crippen molar-refractivity contribution in [3.63, 3.8) is 0 Å². The van der Waals surface area contributed by atoms with Crippen molar-refractivity contribution in [2.45, 2.75) is 59.0 Å². The number of hydrogen-bond acceptors (Lipinski definition) is 10. The molecule has 0 amide bonds. The lowest BCUT2D eigenvalue weighted by molar-refractivity contribution is -0.148. The van der Waals surface area contributed by atoms with E-state index in [1.165, 1.54) is 11.8 Å². The third kappa shape index (κ3) is 4.55. The standard InChI is InChI=1S/C26H32N2O8/c1-6-8-13-34-23(30)21-22(27)28(14-19(29)33-7-2)18-12-10-9-11-17(18)26(21)20(16(5)36-25(26)32)24(31)35-15(3)4/h9-12,15H,6-8,13-14,27H2,1-5H3/t26-/m0/s1. The van der Waals surface area contributed by atoms with Crippen molar-refractivity contribution in [1.29, 1.82) is 0 Å². The van der Waals surface area contributed by atoms with Crippen LogP contribution in [0.15, 0.2) is 47.0 Å². The van der Waals surface area contributed by atoms with E-state index in [4.69, 9.17) is 24.7 Å². The molecule has 194 valence electrons. The van der Waals surface area contributed by atoms with E-state index in [9.17, 15) is 19.2 Å². The molecule has 2 aliphatic rings. The molecular formula is C26H32N2O8. The van der Waals surface area contributed by atoms with Crippen molar-refractivity contribution < 1.29 is 38.1 Å². The fourth-order valence-corrected chi connectivity index (χ4v) is 4.44. The minimum absolute atomic E-state index is 0.00838. The maximum Gasteiger partial charge on any atom is 0.339 e. The van der Waals surface area contributed by atoms with Gasteiger partial charge in [-0.25, -0.2) is 14.4 Å². The van der Waals surface area contributed by atoms with Crippen LogP contribution in [-0.2, 0) is 43.5 Å². The number of benzene rings is 1. The van der Waals surface area contributed by atoms with Gasteiger partial charge in [0.2, 0.25) is 0 Å². The van der Waals surface area contributed by atoms with Crippen LogP contribution < -0.4 is 10.6 Å². The lowest BCUT2D eigenvalue weighted by Gasteiger charge is -2.41. The Morgan fingerprint density at radius 2 is 1.78 bits per heavy atom. The lowest BCUT2D eigenvalue weighted by Crippen LogP contribution is -2.51. The zero-order valence-corrected chi connectivity index (χ0v) is 21.2. The van der Waals surface area contributed by atoms with Crippen LogP contribution in [0.2, 0.25) is 0 Å². The minimum atomic E-state index is -2.04. The average Bonchev–Trinajstić information content (AvgIpc) is 3.06. The number of allylic oxidation sites excluding steroid dienone is 1. The van der Waals surface area contributed by atoms with E-state index in [1.807, 2.05) is 6.92 Å². The SMILES string of the molecule is CCCCOC(=O)C1=C(N)N(CC(=O)OCC)c2ccccc2[C@@]12C(=O)OC(C)=C2C(=O)OC(C)C. The number of rotatable bonds is 9. The van der Waals surface area contributed by atoms with Crippen LogP contribution in [0.25, 0.3) is 0 Å². The monoisotopic (exact) mass is 500 g/mol. The highest BCUT2D eigenvalue weighted by Crippen LogP contribution is 2.54. The van der Waals surface area contributed by atoms with Gasteiger partial charge in [0.05, 0.1) is 19.3 Å². The van der Waals surface area contributed by atoms with Gasteiger partial charge in [-0.1, -0.05) is 31.5 Å². The van der Waals surface area contributed by atoms with Crippen molar-refractivity contribution in [3.8, 4) is 0 Å². The van der Waals surface area contributed by atoms with Crippen molar-refractivity contribution >= 4 is 29.6 Å². The minimum Gasteiger partial charge on any atom is -0.465 e. The van der Waals surface area contributed by atoms with E-state index < -0.39 is 35.4 Å². The molecule has 2 aliphatic heterocycles. The molecule has 1 aromatic rings. The molecule has 0 unspecified atom stereocenters. The van der Waals surface area contributed by atoms with Gasteiger partial charge in [-0.05, 0) is 40.2 Å². The second-order valence-electron chi connectivity index (χ2n) is 8.68. The molecular weight excluding hydrogens is 468 g/mol. The highest BCUT2D eigenvalue weighted by Gasteiger charge is 2.63. The molecule has 0 fully saturated rings. The summed E-state index contributed by atoms with van der Waals surface area (Å²) in [5.74, 6) is -3.43. The summed E-state index contributed by atoms with van der Waals surface area (Å²) in [6.07, 6.45) is 0.833. The number of cyclic esters (lactones) is 1. The van der Waals surface area contributed by atoms with Gasteiger partial charge < -0.3 is 29.6 Å². The molecule has 2 N–H and O–H groups in total. The second kappa shape index (κ2) is 10.8. The molecule has 0 radical (unpaired) electrons. The highest BCUT2D eigenvalue weighted by molar-refractivity contribution is 6.16. The van der Waals surface area contributed by atoms with Crippen LogP contribution in [0.1, 0.15) is 53.0 Å². The first kappa shape index (κ1) is 26.8. The fourth-order valence-electron chi connectivity index (χ4n) is 4.44. The average molecular weight is 501 g/mol. The quantitative estimate of drug-likeness (QED) is 0.306. The second-order valence-corrected chi connectivity index (χ2v) is 8.68. The molecule has 0 aliphatic carbocycles. The molecule has 10 heteroatoms. The number of fused-ring (bicyclic) bond motifs is 2. The molecule has 1 spiro atoms. The molecule has 1 aromatic carbocycles. The predicted molar refractivity (Wildman–Crippen MR) is 129 cm³/mol. The van der Waals surface area contributed by atoms with Gasteiger partial charge in [-0.2, -0.15) is 0 Å². The summed E-state index contributed by atoms with van der Waals surface area (Å²) in [5.41, 5.74) is 4.61. The first-order chi connectivity index (χ1) is 17.1. The largest absolute Gasteiger partial charge is 0.465 e. The maximum absolute atomic E-state index is 13.7. The number of nitrogens with two attached hydrogens (primary N) is 1. The molecule has 36 heavy (non-hydrogen) atoms. The molecule has 0 bridgehead atoms. The van der Waals surface area contributed by atoms with Crippen molar-refractivity contribution in [2.24, 2.45) is 5.73 Å². The molecule has 0 saturated heterocycles. The van der Waals surface area contributed by atoms with E-state index in [2.05, 4.69) is 0 Å². The number of hydrogen-bond donors (Lipinski definition) is 1. The molecule has 1 atom stereocenters. The topological polar surface area (TPSA) is 134 Å². The predicted octanol–water partition coefficient (Wildman–Crippen LogP) is 2.60. The van der Waals surface area contributed by atoms with Gasteiger partial charge in [-0.15, -0.1) is 0 Å². The normalized spacial score (nSPS) is 18.9. The first-order valence-corrected chi connectivity index (χ1v) is 12.0. The number of ether oxygens (including phenoxy) is 4. The molecule has 3 rings (SSSR count). The zero-order valence-electron chi connectivity index (χ0n) is 21.2. The van der Waals surface area contributed by atoms with E-state index in [-0.39, 0.29) is 48.0 Å². The molecule has 10 nitrogen and oxygen atoms in total. The Morgan fingerprint density at radius 1 is 1.08 bits per heavy atom. The molecule has 2 heterocycles. The Morgan fingerprint density at radius 3 is 2.42 bits per heavy atom. The fraction of sp³-hybridized carbons (Fsp3) is 0.462. The number of nitrogens with zero attached hydrogens (tertiary/aromatic N) is 1. The number of anilines is 1. The summed E-state index contributed by atoms with van der Waals surface area (Å²) >= 11 is 0. The van der Waals surface area contributed by atoms with Gasteiger partial charge >= 0.3 is 23.9 Å². The summed E-state index contributed by atoms with van der Waals surface area (Å²) in [7, 11) is 0. The van der Waals surface area contributed by atoms with Gasteiger partial charge in [0.15, 0.2) is 5.41 Å². The molecule has 0 saturated carbocycles. The Labute approximate surface area is 210 Å². The van der Waals surface area contributed by atoms with E-state index in [0.717, 1.165) is 6.42 Å². The Balaban J connectivity index is 2.33. The number of unbranched alkanes of at least 4 members (excludes halogenated alkanes) is 1. The number of para-hydroxylation sites is 1. The van der Waals surface area contributed by atoms with Crippen molar-refractivity contribution in [2.75, 3.05) is 24.7 Å². The van der Waals surface area contributed by atoms with Crippen molar-refractivity contribution in [1.82, 2.24) is 0 Å². The number of carbonyl (C=O) groups is 4. The third-order valence-electron chi connectivity index (χ3n) is 5.87. The Kier molecular flexibility index (Phi) is 8.07. The zero-order chi connectivity index (χ0) is 26.6. The van der Waals surface area contributed by atoms with Crippen LogP contribution in [0, 0.1) is 0 Å². The molecule has 0 aromatic heterocycles. The highest BCUT2D eigenvalue weighted by atomic mass is 16.6. The van der Waals surface area contributed by atoms with Crippen LogP contribution in [0.4, 0.5) is 5.69 Å². The van der Waals surface area contributed by atoms with Gasteiger partial charge in [0.1, 0.15) is 29.3 Å². The Hall–Kier alpha value is -3.82. The Bertz CT molecular complexity index is 1140. The number of esters is 4. The summed E-state index contributed by atoms with van der Waals surface area (Å²) in [6.45, 7) is 8.27. The number of carbonyl (C=O) groups excluding carboxylic acids is 4. The summed E-state index contributed by atoms with van der Waals surface area (Å²) in [5, 5.41) is 0. The van der Waals surface area contributed by atoms with E-state index in [1.54, 1.807) is 45.0 Å². The smallest absolute Gasteiger partial charge is 0.339 e. The first-order valence-electron chi connectivity index (χ1n) is 12.0. The lowest BCUT2D eigenvalue weighted by atomic mass is 9.66. The van der Waals surface area contributed by atoms with Gasteiger partial charge in [0.25, 0.3) is 0 Å². The van der Waals surface area contributed by atoms with Gasteiger partial charge in [0, 0.05) is 11.3 Å². The van der Waals surface area contributed by atoms with Crippen LogP contribution >= 0.6 is 0 Å². The van der Waals surface area contributed by atoms with Crippen LogP contribution in [-0.4, -0.2) is 49.7 Å². The van der Waals surface area contributed by atoms with E-state index >= 15 is 0 Å². The summed E-state index contributed by atoms with van der Waals surface area (Å²) in [6, 6.07) is 6.55. The van der Waals surface area contributed by atoms with Gasteiger partial charge in [-0.3, -0.25) is 4.79 Å². The van der Waals surface area contributed by atoms with E-state index in [0.29, 0.717) is 12.1 Å². The van der Waals surface area contributed by atoms with Crippen molar-refractivity contribution in [3.05, 3.63) is 52.6 Å². The summed E-state index contributed by atoms with van der Waals surface area (Å²) in [4.78, 5) is 54.4. The summed E-state index contributed by atoms with van der Waals surface area (Å²) < 4.78 is 21.5.